The van der Waals surface area contributed by atoms with Crippen molar-refractivity contribution < 1.29 is 9.47 Å². The van der Waals surface area contributed by atoms with Crippen LogP contribution in [0.25, 0.3) is 0 Å². The van der Waals surface area contributed by atoms with Gasteiger partial charge in [-0.1, -0.05) is 0 Å². The summed E-state index contributed by atoms with van der Waals surface area (Å²) in [6, 6.07) is 3.70. The molecular weight excluding hydrogens is 194 g/mol. The molecule has 5 nitrogen and oxygen atoms in total. The monoisotopic (exact) mass is 211 g/mol. The molecule has 1 heterocycles. The molecule has 0 amide bonds. The van der Waals surface area contributed by atoms with Crippen molar-refractivity contribution in [3.63, 3.8) is 0 Å². The fourth-order valence-electron chi connectivity index (χ4n) is 1.16. The highest BCUT2D eigenvalue weighted by molar-refractivity contribution is 5.11. The zero-order chi connectivity index (χ0) is 11.1. The maximum absolute atomic E-state index is 5.47. The molecule has 0 aliphatic rings. The molecule has 1 aromatic rings. The van der Waals surface area contributed by atoms with E-state index in [1.165, 1.54) is 0 Å². The number of aromatic nitrogens is 2. The van der Waals surface area contributed by atoms with E-state index in [1.807, 2.05) is 26.1 Å². The summed E-state index contributed by atoms with van der Waals surface area (Å²) in [5.74, 6) is 0.527. The predicted octanol–water partition coefficient (Wildman–Crippen LogP) is 0.610. The zero-order valence-electron chi connectivity index (χ0n) is 9.36. The van der Waals surface area contributed by atoms with Gasteiger partial charge in [0.15, 0.2) is 0 Å². The van der Waals surface area contributed by atoms with E-state index in [0.717, 1.165) is 5.69 Å². The Kier molecular flexibility index (Phi) is 5.00. The molecular formula is C10H17N3O2. The minimum absolute atomic E-state index is 0.0144. The third-order valence-electron chi connectivity index (χ3n) is 1.78. The van der Waals surface area contributed by atoms with Crippen LogP contribution >= 0.6 is 0 Å². The van der Waals surface area contributed by atoms with E-state index in [9.17, 15) is 0 Å². The Morgan fingerprint density at radius 1 is 1.40 bits per heavy atom. The molecule has 1 rings (SSSR count). The standard InChI is InChI=1S/C10H17N3O2/c1-8(7-14-3)15-10-5-4-9(6-11-2)12-13-10/h4-5,8,11H,6-7H2,1-3H3. The second kappa shape index (κ2) is 6.31. The highest BCUT2D eigenvalue weighted by atomic mass is 16.5. The Hall–Kier alpha value is -1.20. The lowest BCUT2D eigenvalue weighted by atomic mass is 10.4. The van der Waals surface area contributed by atoms with E-state index in [0.29, 0.717) is 19.0 Å². The van der Waals surface area contributed by atoms with Crippen molar-refractivity contribution in [2.75, 3.05) is 20.8 Å². The van der Waals surface area contributed by atoms with E-state index in [1.54, 1.807) is 7.11 Å². The van der Waals surface area contributed by atoms with Gasteiger partial charge in [0.05, 0.1) is 12.3 Å². The van der Waals surface area contributed by atoms with Gasteiger partial charge in [-0.15, -0.1) is 5.10 Å². The van der Waals surface area contributed by atoms with Crippen LogP contribution in [0.2, 0.25) is 0 Å². The third-order valence-corrected chi connectivity index (χ3v) is 1.78. The predicted molar refractivity (Wildman–Crippen MR) is 56.8 cm³/mol. The summed E-state index contributed by atoms with van der Waals surface area (Å²) in [6.45, 7) is 3.17. The molecule has 0 saturated carbocycles. The van der Waals surface area contributed by atoms with Crippen molar-refractivity contribution >= 4 is 0 Å². The summed E-state index contributed by atoms with van der Waals surface area (Å²) in [5.41, 5.74) is 0.893. The molecule has 1 aromatic heterocycles. The largest absolute Gasteiger partial charge is 0.471 e. The first-order valence-electron chi connectivity index (χ1n) is 4.89. The van der Waals surface area contributed by atoms with Crippen LogP contribution in [0.15, 0.2) is 12.1 Å². The van der Waals surface area contributed by atoms with Gasteiger partial charge in [0.1, 0.15) is 6.10 Å². The first kappa shape index (κ1) is 11.9. The summed E-state index contributed by atoms with van der Waals surface area (Å²) < 4.78 is 10.4. The topological polar surface area (TPSA) is 56.3 Å². The molecule has 0 aliphatic carbocycles. The fourth-order valence-corrected chi connectivity index (χ4v) is 1.16. The van der Waals surface area contributed by atoms with Crippen molar-refractivity contribution in [1.29, 1.82) is 0 Å². The molecule has 0 aromatic carbocycles. The minimum Gasteiger partial charge on any atom is -0.471 e. The molecule has 0 spiro atoms. The van der Waals surface area contributed by atoms with Gasteiger partial charge in [0.2, 0.25) is 5.88 Å². The van der Waals surface area contributed by atoms with Crippen molar-refractivity contribution in [2.24, 2.45) is 0 Å². The van der Waals surface area contributed by atoms with Crippen LogP contribution in [0.5, 0.6) is 5.88 Å². The van der Waals surface area contributed by atoms with Crippen molar-refractivity contribution in [1.82, 2.24) is 15.5 Å². The normalized spacial score (nSPS) is 12.5. The molecule has 0 bridgehead atoms. The van der Waals surface area contributed by atoms with E-state index in [2.05, 4.69) is 15.5 Å². The summed E-state index contributed by atoms with van der Waals surface area (Å²) >= 11 is 0. The van der Waals surface area contributed by atoms with Crippen LogP contribution in [0, 0.1) is 0 Å². The molecule has 0 radical (unpaired) electrons. The number of hydrogen-bond donors (Lipinski definition) is 1. The van der Waals surface area contributed by atoms with Crippen LogP contribution in [0.3, 0.4) is 0 Å². The van der Waals surface area contributed by atoms with Gasteiger partial charge < -0.3 is 14.8 Å². The van der Waals surface area contributed by atoms with Gasteiger partial charge in [-0.3, -0.25) is 0 Å². The van der Waals surface area contributed by atoms with Crippen LogP contribution in [-0.2, 0) is 11.3 Å². The molecule has 0 saturated heterocycles. The van der Waals surface area contributed by atoms with Crippen LogP contribution in [0.1, 0.15) is 12.6 Å². The number of rotatable bonds is 6. The van der Waals surface area contributed by atoms with E-state index in [-0.39, 0.29) is 6.10 Å². The smallest absolute Gasteiger partial charge is 0.233 e. The molecule has 0 aliphatic heterocycles. The first-order chi connectivity index (χ1) is 7.26. The van der Waals surface area contributed by atoms with Crippen molar-refractivity contribution in [2.45, 2.75) is 19.6 Å². The van der Waals surface area contributed by atoms with Crippen LogP contribution in [-0.4, -0.2) is 37.1 Å². The molecule has 1 atom stereocenters. The number of hydrogen-bond acceptors (Lipinski definition) is 5. The Morgan fingerprint density at radius 3 is 2.73 bits per heavy atom. The molecule has 0 fully saturated rings. The highest BCUT2D eigenvalue weighted by Crippen LogP contribution is 2.07. The molecule has 1 unspecified atom stereocenters. The van der Waals surface area contributed by atoms with E-state index < -0.39 is 0 Å². The van der Waals surface area contributed by atoms with Crippen molar-refractivity contribution in [3.8, 4) is 5.88 Å². The summed E-state index contributed by atoms with van der Waals surface area (Å²) in [7, 11) is 3.51. The first-order valence-corrected chi connectivity index (χ1v) is 4.89. The quantitative estimate of drug-likeness (QED) is 0.747. The molecule has 5 heteroatoms. The second-order valence-corrected chi connectivity index (χ2v) is 3.28. The Bertz CT molecular complexity index is 277. The zero-order valence-corrected chi connectivity index (χ0v) is 9.36. The maximum atomic E-state index is 5.47. The number of ether oxygens (including phenoxy) is 2. The maximum Gasteiger partial charge on any atom is 0.233 e. The average molecular weight is 211 g/mol. The van der Waals surface area contributed by atoms with Gasteiger partial charge in [-0.05, 0) is 20.0 Å². The van der Waals surface area contributed by atoms with Gasteiger partial charge in [0, 0.05) is 19.7 Å². The number of nitrogens with zero attached hydrogens (tertiary/aromatic N) is 2. The molecule has 15 heavy (non-hydrogen) atoms. The van der Waals surface area contributed by atoms with Gasteiger partial charge in [-0.25, -0.2) is 0 Å². The summed E-state index contributed by atoms with van der Waals surface area (Å²) in [5, 5.41) is 11.0. The average Bonchev–Trinajstić information content (AvgIpc) is 2.22. The van der Waals surface area contributed by atoms with Gasteiger partial charge in [-0.2, -0.15) is 5.10 Å². The number of nitrogens with one attached hydrogen (secondary N) is 1. The van der Waals surface area contributed by atoms with Crippen LogP contribution in [0.4, 0.5) is 0 Å². The lowest BCUT2D eigenvalue weighted by Gasteiger charge is -2.12. The SMILES string of the molecule is CNCc1ccc(OC(C)COC)nn1. The summed E-state index contributed by atoms with van der Waals surface area (Å²) in [6.07, 6.45) is -0.0144. The third kappa shape index (κ3) is 4.22. The van der Waals surface area contributed by atoms with Crippen molar-refractivity contribution in [3.05, 3.63) is 17.8 Å². The molecule has 84 valence electrons. The fraction of sp³-hybridized carbons (Fsp3) is 0.600. The summed E-state index contributed by atoms with van der Waals surface area (Å²) in [4.78, 5) is 0. The highest BCUT2D eigenvalue weighted by Gasteiger charge is 2.04. The Morgan fingerprint density at radius 2 is 2.20 bits per heavy atom. The van der Waals surface area contributed by atoms with Gasteiger partial charge >= 0.3 is 0 Å². The van der Waals surface area contributed by atoms with Crippen LogP contribution < -0.4 is 10.1 Å². The Balaban J connectivity index is 2.48. The van der Waals surface area contributed by atoms with E-state index in [4.69, 9.17) is 9.47 Å². The molecule has 1 N–H and O–H groups in total. The lowest BCUT2D eigenvalue weighted by molar-refractivity contribution is 0.0882. The Labute approximate surface area is 89.8 Å². The second-order valence-electron chi connectivity index (χ2n) is 3.28. The minimum atomic E-state index is -0.0144. The van der Waals surface area contributed by atoms with E-state index >= 15 is 0 Å². The lowest BCUT2D eigenvalue weighted by Crippen LogP contribution is -2.19. The van der Waals surface area contributed by atoms with Gasteiger partial charge in [0.25, 0.3) is 0 Å². The number of methoxy groups -OCH3 is 1.